The van der Waals surface area contributed by atoms with E-state index in [1.54, 1.807) is 12.1 Å². The summed E-state index contributed by atoms with van der Waals surface area (Å²) in [6, 6.07) is 13.6. The maximum atomic E-state index is 11.8. The van der Waals surface area contributed by atoms with Crippen molar-refractivity contribution in [3.8, 4) is 0 Å². The Morgan fingerprint density at radius 3 is 2.68 bits per heavy atom. The molecule has 25 heavy (non-hydrogen) atoms. The molecule has 2 aromatic carbocycles. The number of hydrazone groups is 1. The molecule has 1 heterocycles. The summed E-state index contributed by atoms with van der Waals surface area (Å²) < 4.78 is 0. The van der Waals surface area contributed by atoms with Crippen molar-refractivity contribution in [3.63, 3.8) is 0 Å². The number of imidazole rings is 1. The summed E-state index contributed by atoms with van der Waals surface area (Å²) in [5.41, 5.74) is 4.93. The number of carbonyl (C=O) groups is 2. The van der Waals surface area contributed by atoms with Crippen molar-refractivity contribution in [2.24, 2.45) is 5.10 Å². The van der Waals surface area contributed by atoms with Gasteiger partial charge in [0.2, 0.25) is 0 Å². The number of para-hydroxylation sites is 2. The van der Waals surface area contributed by atoms with Gasteiger partial charge in [-0.1, -0.05) is 48.2 Å². The first-order valence-electron chi connectivity index (χ1n) is 7.33. The number of hydrogen-bond acceptors (Lipinski definition) is 6. The average Bonchev–Trinajstić information content (AvgIpc) is 3.03. The Kier molecular flexibility index (Phi) is 5.10. The molecule has 0 atom stereocenters. The number of benzene rings is 2. The summed E-state index contributed by atoms with van der Waals surface area (Å²) >= 11 is 1.28. The third-order valence-electron chi connectivity index (χ3n) is 3.26. The van der Waals surface area contributed by atoms with Crippen LogP contribution in [-0.2, 0) is 4.79 Å². The molecular weight excluding hydrogens is 340 g/mol. The number of aromatic amines is 1. The van der Waals surface area contributed by atoms with E-state index in [-0.39, 0.29) is 17.2 Å². The van der Waals surface area contributed by atoms with Gasteiger partial charge in [-0.2, -0.15) is 5.10 Å². The lowest BCUT2D eigenvalue weighted by atomic mass is 10.1. The van der Waals surface area contributed by atoms with Crippen molar-refractivity contribution < 1.29 is 14.7 Å². The second-order valence-corrected chi connectivity index (χ2v) is 6.01. The summed E-state index contributed by atoms with van der Waals surface area (Å²) in [5, 5.41) is 15.2. The summed E-state index contributed by atoms with van der Waals surface area (Å²) in [6.07, 6.45) is 1.43. The van der Waals surface area contributed by atoms with Crippen molar-refractivity contribution in [2.45, 2.75) is 5.16 Å². The maximum Gasteiger partial charge on any atom is 0.250 e. The largest absolute Gasteiger partial charge is 0.545 e. The van der Waals surface area contributed by atoms with Crippen molar-refractivity contribution in [1.82, 2.24) is 15.4 Å². The van der Waals surface area contributed by atoms with Crippen LogP contribution in [0, 0.1) is 0 Å². The number of thioether (sulfide) groups is 1. The number of amides is 1. The van der Waals surface area contributed by atoms with Gasteiger partial charge in [-0.25, -0.2) is 10.4 Å². The number of aromatic nitrogens is 2. The smallest absolute Gasteiger partial charge is 0.250 e. The molecule has 1 amide bonds. The molecule has 0 fully saturated rings. The van der Waals surface area contributed by atoms with Crippen molar-refractivity contribution in [2.75, 3.05) is 5.75 Å². The number of carboxylic acids is 1. The highest BCUT2D eigenvalue weighted by Crippen LogP contribution is 2.18. The van der Waals surface area contributed by atoms with E-state index in [2.05, 4.69) is 20.5 Å². The highest BCUT2D eigenvalue weighted by atomic mass is 32.2. The van der Waals surface area contributed by atoms with E-state index in [9.17, 15) is 14.7 Å². The van der Waals surface area contributed by atoms with Crippen LogP contribution >= 0.6 is 11.8 Å². The molecule has 0 unspecified atom stereocenters. The molecule has 3 rings (SSSR count). The van der Waals surface area contributed by atoms with Crippen LogP contribution < -0.4 is 10.5 Å². The van der Waals surface area contributed by atoms with Gasteiger partial charge >= 0.3 is 0 Å². The first-order valence-corrected chi connectivity index (χ1v) is 8.31. The third-order valence-corrected chi connectivity index (χ3v) is 4.13. The van der Waals surface area contributed by atoms with Gasteiger partial charge in [-0.3, -0.25) is 4.79 Å². The second kappa shape index (κ2) is 7.63. The Labute approximate surface area is 147 Å². The van der Waals surface area contributed by atoms with Crippen LogP contribution in [-0.4, -0.2) is 33.8 Å². The topological polar surface area (TPSA) is 110 Å². The first-order chi connectivity index (χ1) is 12.1. The standard InChI is InChI=1S/C17H14N4O3S/c22-15(10-25-17-19-13-3-1-2-4-14(13)20-17)21-18-9-11-5-7-12(8-6-11)16(23)24/h1-9H,10H2,(H,19,20)(H,21,22)(H,23,24)/p-1. The minimum absolute atomic E-state index is 0.0865. The third kappa shape index (κ3) is 4.45. The van der Waals surface area contributed by atoms with Gasteiger partial charge < -0.3 is 14.9 Å². The highest BCUT2D eigenvalue weighted by Gasteiger charge is 2.06. The number of nitrogens with one attached hydrogen (secondary N) is 2. The van der Waals surface area contributed by atoms with Gasteiger partial charge in [0.15, 0.2) is 5.16 Å². The average molecular weight is 353 g/mol. The summed E-state index contributed by atoms with van der Waals surface area (Å²) in [4.78, 5) is 29.9. The van der Waals surface area contributed by atoms with E-state index in [1.165, 1.54) is 30.1 Å². The summed E-state index contributed by atoms with van der Waals surface area (Å²) in [5.74, 6) is -1.34. The van der Waals surface area contributed by atoms with Gasteiger partial charge in [-0.05, 0) is 23.3 Å². The normalized spacial score (nSPS) is 11.0. The zero-order valence-corrected chi connectivity index (χ0v) is 13.7. The fourth-order valence-corrected chi connectivity index (χ4v) is 2.73. The van der Waals surface area contributed by atoms with Crippen LogP contribution in [0.15, 0.2) is 58.8 Å². The Bertz CT molecular complexity index is 901. The van der Waals surface area contributed by atoms with E-state index in [0.717, 1.165) is 11.0 Å². The molecule has 3 aromatic rings. The predicted molar refractivity (Wildman–Crippen MR) is 93.3 cm³/mol. The zero-order valence-electron chi connectivity index (χ0n) is 12.9. The van der Waals surface area contributed by atoms with E-state index in [1.807, 2.05) is 24.3 Å². The van der Waals surface area contributed by atoms with Crippen LogP contribution in [0.4, 0.5) is 0 Å². The molecule has 0 aliphatic rings. The van der Waals surface area contributed by atoms with Gasteiger partial charge in [0.25, 0.3) is 5.91 Å². The quantitative estimate of drug-likeness (QED) is 0.393. The SMILES string of the molecule is O=C(CSc1nc2ccccc2[nH]1)NN=Cc1ccc(C(=O)[O-])cc1. The molecule has 0 bridgehead atoms. The van der Waals surface area contributed by atoms with Gasteiger partial charge in [0, 0.05) is 0 Å². The fraction of sp³-hybridized carbons (Fsp3) is 0.0588. The van der Waals surface area contributed by atoms with Crippen molar-refractivity contribution in [3.05, 3.63) is 59.7 Å². The van der Waals surface area contributed by atoms with Crippen LogP contribution in [0.1, 0.15) is 15.9 Å². The number of rotatable bonds is 6. The number of carbonyl (C=O) groups excluding carboxylic acids is 2. The lowest BCUT2D eigenvalue weighted by Crippen LogP contribution is -2.22. The van der Waals surface area contributed by atoms with Crippen LogP contribution in [0.5, 0.6) is 0 Å². The van der Waals surface area contributed by atoms with Crippen LogP contribution in [0.25, 0.3) is 11.0 Å². The van der Waals surface area contributed by atoms with E-state index in [4.69, 9.17) is 0 Å². The highest BCUT2D eigenvalue weighted by molar-refractivity contribution is 7.99. The molecule has 0 spiro atoms. The minimum atomic E-state index is -1.24. The molecule has 0 saturated carbocycles. The minimum Gasteiger partial charge on any atom is -0.545 e. The molecule has 7 nitrogen and oxygen atoms in total. The lowest BCUT2D eigenvalue weighted by molar-refractivity contribution is -0.255. The fourth-order valence-electron chi connectivity index (χ4n) is 2.05. The zero-order chi connectivity index (χ0) is 17.6. The Hall–Kier alpha value is -3.13. The maximum absolute atomic E-state index is 11.8. The molecule has 126 valence electrons. The lowest BCUT2D eigenvalue weighted by Gasteiger charge is -2.01. The second-order valence-electron chi connectivity index (χ2n) is 5.05. The molecule has 2 N–H and O–H groups in total. The van der Waals surface area contributed by atoms with Crippen molar-refractivity contribution in [1.29, 1.82) is 0 Å². The molecule has 0 aliphatic heterocycles. The van der Waals surface area contributed by atoms with Gasteiger partial charge in [0.1, 0.15) is 0 Å². The number of carboxylic acid groups (broad SMARTS) is 1. The summed E-state index contributed by atoms with van der Waals surface area (Å²) in [6.45, 7) is 0. The number of nitrogens with zero attached hydrogens (tertiary/aromatic N) is 2. The monoisotopic (exact) mass is 353 g/mol. The molecule has 1 aromatic heterocycles. The predicted octanol–water partition coefficient (Wildman–Crippen LogP) is 1.17. The summed E-state index contributed by atoms with van der Waals surface area (Å²) in [7, 11) is 0. The van der Waals surface area contributed by atoms with Crippen LogP contribution in [0.3, 0.4) is 0 Å². The van der Waals surface area contributed by atoms with Crippen molar-refractivity contribution >= 4 is 40.9 Å². The molecule has 8 heteroatoms. The Morgan fingerprint density at radius 1 is 1.20 bits per heavy atom. The number of hydrogen-bond donors (Lipinski definition) is 2. The molecule has 0 aliphatic carbocycles. The molecule has 0 radical (unpaired) electrons. The Morgan fingerprint density at radius 2 is 1.96 bits per heavy atom. The van der Waals surface area contributed by atoms with E-state index in [0.29, 0.717) is 10.7 Å². The van der Waals surface area contributed by atoms with Gasteiger partial charge in [-0.15, -0.1) is 0 Å². The Balaban J connectivity index is 1.49. The number of H-pyrrole nitrogens is 1. The number of aromatic carboxylic acids is 1. The van der Waals surface area contributed by atoms with Crippen LogP contribution in [0.2, 0.25) is 0 Å². The first kappa shape index (κ1) is 16.7. The number of fused-ring (bicyclic) bond motifs is 1. The molecule has 0 saturated heterocycles. The van der Waals surface area contributed by atoms with E-state index >= 15 is 0 Å². The molecular formula is C17H13N4O3S-. The van der Waals surface area contributed by atoms with Gasteiger partial charge in [0.05, 0.1) is 29.0 Å². The van der Waals surface area contributed by atoms with E-state index < -0.39 is 5.97 Å².